The van der Waals surface area contributed by atoms with Gasteiger partial charge in [-0.1, -0.05) is 18.2 Å². The van der Waals surface area contributed by atoms with Crippen LogP contribution in [0.1, 0.15) is 40.4 Å². The molecule has 0 aliphatic carbocycles. The van der Waals surface area contributed by atoms with Crippen molar-refractivity contribution in [2.75, 3.05) is 45.2 Å². The molecule has 28 heavy (non-hydrogen) atoms. The van der Waals surface area contributed by atoms with Crippen LogP contribution >= 0.6 is 0 Å². The number of nitrogens with one attached hydrogen (secondary N) is 1. The van der Waals surface area contributed by atoms with Crippen molar-refractivity contribution in [1.82, 2.24) is 10.2 Å². The summed E-state index contributed by atoms with van der Waals surface area (Å²) < 4.78 is 5.24. The van der Waals surface area contributed by atoms with Crippen LogP contribution in [0.5, 0.6) is 5.75 Å². The van der Waals surface area contributed by atoms with Gasteiger partial charge in [0, 0.05) is 31.4 Å². The highest BCUT2D eigenvalue weighted by Gasteiger charge is 2.26. The topological polar surface area (TPSA) is 44.8 Å². The summed E-state index contributed by atoms with van der Waals surface area (Å²) in [6, 6.07) is 14.4. The van der Waals surface area contributed by atoms with Crippen LogP contribution < -0.4 is 15.0 Å². The Morgan fingerprint density at radius 2 is 1.96 bits per heavy atom. The molecular weight excluding hydrogens is 350 g/mol. The third kappa shape index (κ3) is 3.85. The van der Waals surface area contributed by atoms with Gasteiger partial charge in [0.1, 0.15) is 5.75 Å². The predicted octanol–water partition coefficient (Wildman–Crippen LogP) is 3.25. The molecule has 0 aromatic heterocycles. The Kier molecular flexibility index (Phi) is 5.53. The Morgan fingerprint density at radius 1 is 1.14 bits per heavy atom. The van der Waals surface area contributed by atoms with Crippen molar-refractivity contribution in [2.45, 2.75) is 25.3 Å². The van der Waals surface area contributed by atoms with Gasteiger partial charge < -0.3 is 15.0 Å². The number of benzene rings is 2. The van der Waals surface area contributed by atoms with E-state index in [0.29, 0.717) is 17.9 Å². The minimum Gasteiger partial charge on any atom is -0.497 e. The molecule has 2 heterocycles. The number of carbonyl (C=O) groups excluding carboxylic acids is 1. The number of amides is 1. The van der Waals surface area contributed by atoms with Crippen LogP contribution in [0.3, 0.4) is 0 Å². The minimum atomic E-state index is -0.0519. The Labute approximate surface area is 167 Å². The second-order valence-corrected chi connectivity index (χ2v) is 7.76. The zero-order valence-corrected chi connectivity index (χ0v) is 16.8. The van der Waals surface area contributed by atoms with Gasteiger partial charge in [-0.15, -0.1) is 0 Å². The van der Waals surface area contributed by atoms with E-state index in [2.05, 4.69) is 40.4 Å². The first-order chi connectivity index (χ1) is 13.7. The summed E-state index contributed by atoms with van der Waals surface area (Å²) >= 11 is 0. The average molecular weight is 380 g/mol. The molecule has 1 N–H and O–H groups in total. The van der Waals surface area contributed by atoms with Gasteiger partial charge in [-0.05, 0) is 67.7 Å². The molecule has 2 aromatic rings. The summed E-state index contributed by atoms with van der Waals surface area (Å²) in [6.07, 6.45) is 3.56. The molecule has 2 aliphatic rings. The fourth-order valence-electron chi connectivity index (χ4n) is 4.36. The van der Waals surface area contributed by atoms with Gasteiger partial charge in [-0.25, -0.2) is 0 Å². The highest BCUT2D eigenvalue weighted by Crippen LogP contribution is 2.32. The van der Waals surface area contributed by atoms with Crippen molar-refractivity contribution in [3.63, 3.8) is 0 Å². The van der Waals surface area contributed by atoms with Crippen LogP contribution in [-0.4, -0.2) is 51.1 Å². The van der Waals surface area contributed by atoms with Crippen LogP contribution in [0, 0.1) is 0 Å². The van der Waals surface area contributed by atoms with Crippen molar-refractivity contribution in [3.8, 4) is 5.75 Å². The molecule has 1 amide bonds. The first-order valence-corrected chi connectivity index (χ1v) is 10.2. The van der Waals surface area contributed by atoms with Crippen LogP contribution in [-0.2, 0) is 6.42 Å². The van der Waals surface area contributed by atoms with Gasteiger partial charge >= 0.3 is 0 Å². The molecule has 2 aromatic carbocycles. The lowest BCUT2D eigenvalue weighted by Crippen LogP contribution is -2.36. The van der Waals surface area contributed by atoms with Gasteiger partial charge in [0.2, 0.25) is 0 Å². The number of likely N-dealkylation sites (tertiary alicyclic amines) is 1. The molecular formula is C23H29N3O2. The third-order valence-corrected chi connectivity index (χ3v) is 5.99. The van der Waals surface area contributed by atoms with Crippen molar-refractivity contribution in [1.29, 1.82) is 0 Å². The Balaban J connectivity index is 1.51. The Bertz CT molecular complexity index is 845. The summed E-state index contributed by atoms with van der Waals surface area (Å²) in [5.41, 5.74) is 4.70. The smallest absolute Gasteiger partial charge is 0.251 e. The van der Waals surface area contributed by atoms with Crippen LogP contribution in [0.15, 0.2) is 42.5 Å². The highest BCUT2D eigenvalue weighted by atomic mass is 16.5. The standard InChI is InChI=1S/C23H29N3O2/c1-25-13-10-18-14-17(8-9-21(18)25)22(26-11-3-4-12-26)16-24-23(27)19-6-5-7-20(15-19)28-2/h5-9,14-15,22H,3-4,10-13,16H2,1-2H3,(H,24,27)/t22-/m1/s1. The van der Waals surface area contributed by atoms with Crippen molar-refractivity contribution >= 4 is 11.6 Å². The van der Waals surface area contributed by atoms with Crippen LogP contribution in [0.2, 0.25) is 0 Å². The fraction of sp³-hybridized carbons (Fsp3) is 0.435. The zero-order valence-electron chi connectivity index (χ0n) is 16.8. The second kappa shape index (κ2) is 8.23. The van der Waals surface area contributed by atoms with E-state index in [9.17, 15) is 4.79 Å². The summed E-state index contributed by atoms with van der Waals surface area (Å²) in [5.74, 6) is 0.649. The van der Waals surface area contributed by atoms with E-state index >= 15 is 0 Å². The number of rotatable bonds is 6. The Morgan fingerprint density at radius 3 is 2.75 bits per heavy atom. The van der Waals surface area contributed by atoms with E-state index < -0.39 is 0 Å². The molecule has 0 spiro atoms. The third-order valence-electron chi connectivity index (χ3n) is 5.99. The molecule has 0 unspecified atom stereocenters. The van der Waals surface area contributed by atoms with E-state index in [1.165, 1.54) is 29.7 Å². The summed E-state index contributed by atoms with van der Waals surface area (Å²) in [6.45, 7) is 3.89. The zero-order chi connectivity index (χ0) is 19.5. The second-order valence-electron chi connectivity index (χ2n) is 7.76. The molecule has 0 radical (unpaired) electrons. The number of hydrogen-bond donors (Lipinski definition) is 1. The summed E-state index contributed by atoms with van der Waals surface area (Å²) in [5, 5.41) is 3.16. The molecule has 0 bridgehead atoms. The van der Waals surface area contributed by atoms with E-state index in [-0.39, 0.29) is 11.9 Å². The monoisotopic (exact) mass is 379 g/mol. The van der Waals surface area contributed by atoms with Gasteiger partial charge in [0.15, 0.2) is 0 Å². The fourth-order valence-corrected chi connectivity index (χ4v) is 4.36. The van der Waals surface area contributed by atoms with Crippen molar-refractivity contribution in [2.24, 2.45) is 0 Å². The lowest BCUT2D eigenvalue weighted by molar-refractivity contribution is 0.0937. The molecule has 0 saturated carbocycles. The number of hydrogen-bond acceptors (Lipinski definition) is 4. The van der Waals surface area contributed by atoms with Gasteiger partial charge in [0.25, 0.3) is 5.91 Å². The van der Waals surface area contributed by atoms with Gasteiger partial charge in [-0.3, -0.25) is 9.69 Å². The number of fused-ring (bicyclic) bond motifs is 1. The van der Waals surface area contributed by atoms with Crippen LogP contribution in [0.4, 0.5) is 5.69 Å². The predicted molar refractivity (Wildman–Crippen MR) is 112 cm³/mol. The van der Waals surface area contributed by atoms with Crippen molar-refractivity contribution in [3.05, 3.63) is 59.2 Å². The normalized spacial score (nSPS) is 17.4. The van der Waals surface area contributed by atoms with Gasteiger partial charge in [0.05, 0.1) is 13.2 Å². The minimum absolute atomic E-state index is 0.0519. The van der Waals surface area contributed by atoms with Gasteiger partial charge in [-0.2, -0.15) is 0 Å². The lowest BCUT2D eigenvalue weighted by Gasteiger charge is -2.29. The molecule has 1 saturated heterocycles. The quantitative estimate of drug-likeness (QED) is 0.837. The molecule has 1 fully saturated rings. The molecule has 148 valence electrons. The summed E-state index contributed by atoms with van der Waals surface area (Å²) in [4.78, 5) is 17.5. The number of carbonyl (C=O) groups is 1. The van der Waals surface area contributed by atoms with E-state index in [1.54, 1.807) is 13.2 Å². The number of methoxy groups -OCH3 is 1. The molecule has 5 heteroatoms. The molecule has 1 atom stereocenters. The number of anilines is 1. The maximum absolute atomic E-state index is 12.7. The average Bonchev–Trinajstić information content (AvgIpc) is 3.38. The molecule has 4 rings (SSSR count). The van der Waals surface area contributed by atoms with E-state index in [1.807, 2.05) is 18.2 Å². The maximum atomic E-state index is 12.7. The van der Waals surface area contributed by atoms with E-state index in [0.717, 1.165) is 26.1 Å². The van der Waals surface area contributed by atoms with Crippen LogP contribution in [0.25, 0.3) is 0 Å². The largest absolute Gasteiger partial charge is 0.497 e. The number of ether oxygens (including phenoxy) is 1. The SMILES string of the molecule is COc1cccc(C(=O)NC[C@H](c2ccc3c(c2)CCN3C)N2CCCC2)c1. The first kappa shape index (κ1) is 18.8. The Hall–Kier alpha value is -2.53. The highest BCUT2D eigenvalue weighted by molar-refractivity contribution is 5.94. The first-order valence-electron chi connectivity index (χ1n) is 10.2. The lowest BCUT2D eigenvalue weighted by atomic mass is 10.0. The van der Waals surface area contributed by atoms with Crippen molar-refractivity contribution < 1.29 is 9.53 Å². The van der Waals surface area contributed by atoms with E-state index in [4.69, 9.17) is 4.74 Å². The number of likely N-dealkylation sites (N-methyl/N-ethyl adjacent to an activating group) is 1. The number of nitrogens with zero attached hydrogens (tertiary/aromatic N) is 2. The maximum Gasteiger partial charge on any atom is 0.251 e. The molecule has 2 aliphatic heterocycles. The summed E-state index contributed by atoms with van der Waals surface area (Å²) in [7, 11) is 3.77. The molecule has 5 nitrogen and oxygen atoms in total.